The lowest BCUT2D eigenvalue weighted by Crippen LogP contribution is -1.92. The molecule has 1 rings (SSSR count). The first-order valence-electron chi connectivity index (χ1n) is 2.77. The molecule has 1 aromatic rings. The smallest absolute Gasteiger partial charge is 0.131 e. The highest BCUT2D eigenvalue weighted by Crippen LogP contribution is 2.21. The predicted octanol–water partition coefficient (Wildman–Crippen LogP) is 2.03. The quantitative estimate of drug-likeness (QED) is 0.751. The van der Waals surface area contributed by atoms with Gasteiger partial charge in [-0.3, -0.25) is 0 Å². The molecule has 0 saturated carbocycles. The van der Waals surface area contributed by atoms with Gasteiger partial charge in [-0.25, -0.2) is 4.98 Å². The Morgan fingerprint density at radius 2 is 2.40 bits per heavy atom. The Morgan fingerprint density at radius 1 is 1.70 bits per heavy atom. The van der Waals surface area contributed by atoms with E-state index in [9.17, 15) is 0 Å². The highest BCUT2D eigenvalue weighted by Gasteiger charge is 1.98. The summed E-state index contributed by atoms with van der Waals surface area (Å²) in [7, 11) is 0. The lowest BCUT2D eigenvalue weighted by molar-refractivity contribution is 1.33. The fraction of sp³-hybridized carbons (Fsp3) is 0. The van der Waals surface area contributed by atoms with Crippen molar-refractivity contribution in [3.63, 3.8) is 0 Å². The predicted molar refractivity (Wildman–Crippen MR) is 46.6 cm³/mol. The monoisotopic (exact) mass is 198 g/mol. The third kappa shape index (κ3) is 1.36. The largest absolute Gasteiger partial charge is 0.383 e. The van der Waals surface area contributed by atoms with Crippen molar-refractivity contribution in [2.24, 2.45) is 0 Å². The minimum atomic E-state index is 0.504. The number of anilines is 1. The molecule has 0 bridgehead atoms. The molecule has 0 radical (unpaired) electrons. The van der Waals surface area contributed by atoms with Crippen LogP contribution in [0.1, 0.15) is 5.56 Å². The lowest BCUT2D eigenvalue weighted by atomic mass is 10.2. The molecular formula is C7H7BrN2. The molecule has 10 heavy (non-hydrogen) atoms. The fourth-order valence-electron chi connectivity index (χ4n) is 0.647. The van der Waals surface area contributed by atoms with Crippen LogP contribution >= 0.6 is 15.9 Å². The maximum absolute atomic E-state index is 5.52. The highest BCUT2D eigenvalue weighted by molar-refractivity contribution is 9.15. The standard InChI is InChI=1S/C7H7BrN2/c1-5(8)6-3-2-4-10-7(6)9/h2-4H,1H2,(H2,9,10). The maximum atomic E-state index is 5.52. The Balaban J connectivity index is 3.15. The van der Waals surface area contributed by atoms with E-state index in [0.29, 0.717) is 5.82 Å². The van der Waals surface area contributed by atoms with Gasteiger partial charge in [0.05, 0.1) is 0 Å². The van der Waals surface area contributed by atoms with Gasteiger partial charge in [-0.1, -0.05) is 22.5 Å². The molecule has 0 spiro atoms. The summed E-state index contributed by atoms with van der Waals surface area (Å²) in [6, 6.07) is 3.68. The van der Waals surface area contributed by atoms with Crippen molar-refractivity contribution in [3.8, 4) is 0 Å². The average Bonchev–Trinajstić information content (AvgIpc) is 1.88. The molecule has 2 N–H and O–H groups in total. The molecule has 2 nitrogen and oxygen atoms in total. The summed E-state index contributed by atoms with van der Waals surface area (Å²) in [6.45, 7) is 3.68. The van der Waals surface area contributed by atoms with E-state index in [1.807, 2.05) is 12.1 Å². The van der Waals surface area contributed by atoms with Crippen LogP contribution in [0, 0.1) is 0 Å². The van der Waals surface area contributed by atoms with E-state index in [1.165, 1.54) is 0 Å². The summed E-state index contributed by atoms with van der Waals surface area (Å²) in [5.74, 6) is 0.504. The highest BCUT2D eigenvalue weighted by atomic mass is 79.9. The molecule has 1 heterocycles. The summed E-state index contributed by atoms with van der Waals surface area (Å²) in [4.78, 5) is 3.89. The first kappa shape index (κ1) is 7.28. The van der Waals surface area contributed by atoms with Crippen molar-refractivity contribution in [2.75, 3.05) is 5.73 Å². The minimum Gasteiger partial charge on any atom is -0.383 e. The van der Waals surface area contributed by atoms with Crippen LogP contribution in [0.5, 0.6) is 0 Å². The van der Waals surface area contributed by atoms with E-state index in [0.717, 1.165) is 10.0 Å². The number of hydrogen-bond acceptors (Lipinski definition) is 2. The number of aromatic nitrogens is 1. The van der Waals surface area contributed by atoms with Gasteiger partial charge in [0.2, 0.25) is 0 Å². The Bertz CT molecular complexity index is 258. The summed E-state index contributed by atoms with van der Waals surface area (Å²) in [6.07, 6.45) is 1.65. The normalized spacial score (nSPS) is 9.30. The molecule has 0 aliphatic rings. The third-order valence-electron chi connectivity index (χ3n) is 1.13. The van der Waals surface area contributed by atoms with Gasteiger partial charge in [-0.2, -0.15) is 0 Å². The van der Waals surface area contributed by atoms with Crippen molar-refractivity contribution in [2.45, 2.75) is 0 Å². The first-order chi connectivity index (χ1) is 4.72. The van der Waals surface area contributed by atoms with Crippen LogP contribution in [0.3, 0.4) is 0 Å². The van der Waals surface area contributed by atoms with Gasteiger partial charge in [0, 0.05) is 16.2 Å². The molecule has 3 heteroatoms. The zero-order valence-electron chi connectivity index (χ0n) is 5.34. The number of nitrogens with zero attached hydrogens (tertiary/aromatic N) is 1. The molecular weight excluding hydrogens is 192 g/mol. The Kier molecular flexibility index (Phi) is 2.06. The number of hydrogen-bond donors (Lipinski definition) is 1. The van der Waals surface area contributed by atoms with Crippen molar-refractivity contribution in [1.82, 2.24) is 4.98 Å². The Labute approximate surface area is 67.9 Å². The van der Waals surface area contributed by atoms with E-state index in [4.69, 9.17) is 5.73 Å². The van der Waals surface area contributed by atoms with E-state index in [1.54, 1.807) is 6.20 Å². The number of nitrogen functional groups attached to an aromatic ring is 1. The zero-order valence-corrected chi connectivity index (χ0v) is 6.93. The van der Waals surface area contributed by atoms with Crippen LogP contribution in [-0.4, -0.2) is 4.98 Å². The Hall–Kier alpha value is -0.830. The van der Waals surface area contributed by atoms with Gasteiger partial charge in [0.25, 0.3) is 0 Å². The maximum Gasteiger partial charge on any atom is 0.131 e. The van der Waals surface area contributed by atoms with Gasteiger partial charge in [0.15, 0.2) is 0 Å². The molecule has 0 aliphatic heterocycles. The summed E-state index contributed by atoms with van der Waals surface area (Å²) in [5, 5.41) is 0. The van der Waals surface area contributed by atoms with Crippen molar-refractivity contribution in [3.05, 3.63) is 30.5 Å². The minimum absolute atomic E-state index is 0.504. The summed E-state index contributed by atoms with van der Waals surface area (Å²) < 4.78 is 0.762. The van der Waals surface area contributed by atoms with Gasteiger partial charge in [0.1, 0.15) is 5.82 Å². The number of pyridine rings is 1. The van der Waals surface area contributed by atoms with Crippen LogP contribution in [0.15, 0.2) is 24.9 Å². The van der Waals surface area contributed by atoms with Crippen LogP contribution in [0.2, 0.25) is 0 Å². The van der Waals surface area contributed by atoms with Crippen molar-refractivity contribution >= 4 is 26.2 Å². The lowest BCUT2D eigenvalue weighted by Gasteiger charge is -1.99. The van der Waals surface area contributed by atoms with Gasteiger partial charge in [-0.15, -0.1) is 0 Å². The van der Waals surface area contributed by atoms with Crippen LogP contribution in [0.4, 0.5) is 5.82 Å². The van der Waals surface area contributed by atoms with E-state index < -0.39 is 0 Å². The molecule has 0 unspecified atom stereocenters. The van der Waals surface area contributed by atoms with Gasteiger partial charge < -0.3 is 5.73 Å². The summed E-state index contributed by atoms with van der Waals surface area (Å²) >= 11 is 3.22. The molecule has 0 saturated heterocycles. The molecule has 0 aliphatic carbocycles. The van der Waals surface area contributed by atoms with E-state index in [2.05, 4.69) is 27.5 Å². The zero-order chi connectivity index (χ0) is 7.56. The van der Waals surface area contributed by atoms with Crippen LogP contribution in [-0.2, 0) is 0 Å². The van der Waals surface area contributed by atoms with E-state index >= 15 is 0 Å². The van der Waals surface area contributed by atoms with E-state index in [-0.39, 0.29) is 0 Å². The van der Waals surface area contributed by atoms with Crippen molar-refractivity contribution in [1.29, 1.82) is 0 Å². The SMILES string of the molecule is C=C(Br)c1cccnc1N. The molecule has 0 fully saturated rings. The van der Waals surface area contributed by atoms with Gasteiger partial charge >= 0.3 is 0 Å². The van der Waals surface area contributed by atoms with Crippen molar-refractivity contribution < 1.29 is 0 Å². The molecule has 0 amide bonds. The third-order valence-corrected chi connectivity index (χ3v) is 1.56. The first-order valence-corrected chi connectivity index (χ1v) is 3.56. The Morgan fingerprint density at radius 3 is 2.80 bits per heavy atom. The van der Waals surface area contributed by atoms with Crippen LogP contribution < -0.4 is 5.73 Å². The molecule has 0 aromatic carbocycles. The number of nitrogens with two attached hydrogens (primary N) is 1. The second-order valence-electron chi connectivity index (χ2n) is 1.84. The topological polar surface area (TPSA) is 38.9 Å². The number of rotatable bonds is 1. The summed E-state index contributed by atoms with van der Waals surface area (Å²) in [5.41, 5.74) is 6.37. The second kappa shape index (κ2) is 2.84. The second-order valence-corrected chi connectivity index (χ2v) is 2.80. The average molecular weight is 199 g/mol. The molecule has 0 atom stereocenters. The molecule has 52 valence electrons. The van der Waals surface area contributed by atoms with Crippen LogP contribution in [0.25, 0.3) is 4.48 Å². The number of halogens is 1. The fourth-order valence-corrected chi connectivity index (χ4v) is 0.982. The van der Waals surface area contributed by atoms with Gasteiger partial charge in [-0.05, 0) is 12.1 Å². The molecule has 1 aromatic heterocycles.